The number of aromatic nitrogens is 4. The first-order valence-corrected chi connectivity index (χ1v) is 11.7. The zero-order valence-corrected chi connectivity index (χ0v) is 18.4. The Morgan fingerprint density at radius 1 is 1.27 bits per heavy atom. The normalized spacial score (nSPS) is 14.5. The Kier molecular flexibility index (Phi) is 6.29. The third kappa shape index (κ3) is 4.62. The molecule has 0 N–H and O–H groups in total. The van der Waals surface area contributed by atoms with Crippen molar-refractivity contribution in [1.29, 1.82) is 0 Å². The number of hydrogen-bond acceptors (Lipinski definition) is 8. The highest BCUT2D eigenvalue weighted by Crippen LogP contribution is 2.40. The minimum absolute atomic E-state index is 0.0744. The first kappa shape index (κ1) is 20.7. The first-order chi connectivity index (χ1) is 14.6. The molecule has 2 heterocycles. The number of ether oxygens (including phenoxy) is 1. The first-order valence-electron chi connectivity index (χ1n) is 9.83. The number of Topliss-reactive ketones (excluding diaryl/α,β-unsaturated/α-hetero) is 1. The van der Waals surface area contributed by atoms with Gasteiger partial charge in [-0.05, 0) is 38.8 Å². The van der Waals surface area contributed by atoms with Crippen molar-refractivity contribution in [2.24, 2.45) is 0 Å². The van der Waals surface area contributed by atoms with Gasteiger partial charge in [0.2, 0.25) is 5.16 Å². The Bertz CT molecular complexity index is 1040. The van der Waals surface area contributed by atoms with Crippen LogP contribution in [0.2, 0.25) is 0 Å². The van der Waals surface area contributed by atoms with E-state index in [1.165, 1.54) is 23.1 Å². The molecule has 156 valence electrons. The van der Waals surface area contributed by atoms with Gasteiger partial charge in [-0.2, -0.15) is 0 Å². The van der Waals surface area contributed by atoms with Gasteiger partial charge in [0, 0.05) is 17.0 Å². The maximum Gasteiger partial charge on any atom is 0.323 e. The van der Waals surface area contributed by atoms with Crippen molar-refractivity contribution in [2.75, 3.05) is 12.4 Å². The lowest BCUT2D eigenvalue weighted by Gasteiger charge is -2.11. The van der Waals surface area contributed by atoms with Gasteiger partial charge < -0.3 is 4.74 Å². The maximum atomic E-state index is 12.9. The number of benzene rings is 1. The second-order valence-corrected chi connectivity index (χ2v) is 8.87. The Morgan fingerprint density at radius 3 is 2.67 bits per heavy atom. The van der Waals surface area contributed by atoms with Crippen molar-refractivity contribution in [3.05, 3.63) is 52.2 Å². The van der Waals surface area contributed by atoms with Gasteiger partial charge in [0.05, 0.1) is 18.0 Å². The Labute approximate surface area is 182 Å². The van der Waals surface area contributed by atoms with Crippen LogP contribution in [-0.2, 0) is 14.3 Å². The van der Waals surface area contributed by atoms with Crippen molar-refractivity contribution >= 4 is 34.9 Å². The summed E-state index contributed by atoms with van der Waals surface area (Å²) in [6, 6.07) is 9.86. The molecule has 4 rings (SSSR count). The molecule has 3 aromatic rings. The second-order valence-electron chi connectivity index (χ2n) is 7.04. The van der Waals surface area contributed by atoms with Gasteiger partial charge in [0.15, 0.2) is 11.7 Å². The highest BCUT2D eigenvalue weighted by atomic mass is 32.2. The maximum absolute atomic E-state index is 12.9. The molecule has 2 aromatic heterocycles. The van der Waals surface area contributed by atoms with Gasteiger partial charge in [-0.1, -0.05) is 30.0 Å². The number of ketones is 1. The van der Waals surface area contributed by atoms with Crippen molar-refractivity contribution in [3.8, 4) is 5.69 Å². The number of rotatable bonds is 9. The molecule has 0 spiro atoms. The number of esters is 1. The lowest BCUT2D eigenvalue weighted by molar-refractivity contribution is -0.147. The summed E-state index contributed by atoms with van der Waals surface area (Å²) in [4.78, 5) is 34.4. The molecule has 0 bridgehead atoms. The highest BCUT2D eigenvalue weighted by molar-refractivity contribution is 7.99. The summed E-state index contributed by atoms with van der Waals surface area (Å²) in [6.45, 7) is 3.77. The molecule has 1 saturated carbocycles. The van der Waals surface area contributed by atoms with E-state index >= 15 is 0 Å². The quantitative estimate of drug-likeness (QED) is 0.282. The number of thiazole rings is 1. The Balaban J connectivity index is 1.51. The highest BCUT2D eigenvalue weighted by Gasteiger charge is 2.34. The van der Waals surface area contributed by atoms with Gasteiger partial charge in [-0.3, -0.25) is 9.59 Å². The largest absolute Gasteiger partial charge is 0.465 e. The summed E-state index contributed by atoms with van der Waals surface area (Å²) >= 11 is 2.55. The Morgan fingerprint density at radius 2 is 2.03 bits per heavy atom. The number of nitrogens with zero attached hydrogens (tertiary/aromatic N) is 4. The van der Waals surface area contributed by atoms with Crippen molar-refractivity contribution in [3.63, 3.8) is 0 Å². The van der Waals surface area contributed by atoms with Crippen molar-refractivity contribution in [2.45, 2.75) is 43.7 Å². The minimum Gasteiger partial charge on any atom is -0.465 e. The average molecular weight is 443 g/mol. The molecule has 0 saturated heterocycles. The second kappa shape index (κ2) is 9.09. The molecule has 30 heavy (non-hydrogen) atoms. The van der Waals surface area contributed by atoms with Crippen LogP contribution >= 0.6 is 23.1 Å². The molecule has 1 fully saturated rings. The van der Waals surface area contributed by atoms with Gasteiger partial charge in [-0.15, -0.1) is 16.4 Å². The van der Waals surface area contributed by atoms with Crippen molar-refractivity contribution < 1.29 is 14.3 Å². The predicted octanol–water partition coefficient (Wildman–Crippen LogP) is 3.92. The van der Waals surface area contributed by atoms with E-state index in [0.29, 0.717) is 16.1 Å². The average Bonchev–Trinajstić information content (AvgIpc) is 3.36. The SMILES string of the molecule is CCOC(=O)[C@@H](C(=O)CSc1nc(C2CC2)n(-c2ccccc2)n1)c1nc(C)cs1. The molecule has 0 unspecified atom stereocenters. The topological polar surface area (TPSA) is 87.0 Å². The lowest BCUT2D eigenvalue weighted by atomic mass is 10.1. The van der Waals surface area contributed by atoms with Crippen LogP contribution in [0.1, 0.15) is 48.1 Å². The zero-order chi connectivity index (χ0) is 21.1. The van der Waals surface area contributed by atoms with Gasteiger partial charge in [-0.25, -0.2) is 14.6 Å². The number of carbonyl (C=O) groups excluding carboxylic acids is 2. The zero-order valence-electron chi connectivity index (χ0n) is 16.8. The smallest absolute Gasteiger partial charge is 0.323 e. The van der Waals surface area contributed by atoms with E-state index in [2.05, 4.69) is 15.1 Å². The summed E-state index contributed by atoms with van der Waals surface area (Å²) < 4.78 is 6.98. The van der Waals surface area contributed by atoms with E-state index < -0.39 is 11.9 Å². The number of aryl methyl sites for hydroxylation is 1. The molecular weight excluding hydrogens is 420 g/mol. The van der Waals surface area contributed by atoms with E-state index in [1.54, 1.807) is 6.92 Å². The monoisotopic (exact) mass is 442 g/mol. The Hall–Kier alpha value is -2.52. The van der Waals surface area contributed by atoms with Crippen molar-refractivity contribution in [1.82, 2.24) is 19.7 Å². The minimum atomic E-state index is -1.00. The number of hydrogen-bond donors (Lipinski definition) is 0. The molecule has 1 atom stereocenters. The number of carbonyl (C=O) groups is 2. The van der Waals surface area contributed by atoms with Crippen LogP contribution in [-0.4, -0.2) is 43.9 Å². The summed E-state index contributed by atoms with van der Waals surface area (Å²) in [5.41, 5.74) is 1.73. The third-order valence-electron chi connectivity index (χ3n) is 4.63. The molecule has 0 aliphatic heterocycles. The fourth-order valence-corrected chi connectivity index (χ4v) is 4.69. The van der Waals surface area contributed by atoms with E-state index in [1.807, 2.05) is 47.3 Å². The molecule has 7 nitrogen and oxygen atoms in total. The summed E-state index contributed by atoms with van der Waals surface area (Å²) in [5, 5.41) is 7.45. The fraction of sp³-hybridized carbons (Fsp3) is 0.381. The lowest BCUT2D eigenvalue weighted by Crippen LogP contribution is -2.25. The fourth-order valence-electron chi connectivity index (χ4n) is 3.05. The van der Waals surface area contributed by atoms with Crippen LogP contribution in [0, 0.1) is 6.92 Å². The van der Waals surface area contributed by atoms with Crippen LogP contribution in [0.15, 0.2) is 40.9 Å². The number of thioether (sulfide) groups is 1. The van der Waals surface area contributed by atoms with Crippen LogP contribution in [0.25, 0.3) is 5.69 Å². The third-order valence-corrected chi connectivity index (χ3v) is 6.51. The van der Waals surface area contributed by atoms with Crippen LogP contribution in [0.3, 0.4) is 0 Å². The van der Waals surface area contributed by atoms with E-state index in [9.17, 15) is 9.59 Å². The van der Waals surface area contributed by atoms with Gasteiger partial charge in [0.25, 0.3) is 0 Å². The van der Waals surface area contributed by atoms with E-state index in [4.69, 9.17) is 4.74 Å². The van der Waals surface area contributed by atoms with Gasteiger partial charge >= 0.3 is 5.97 Å². The molecule has 0 amide bonds. The molecule has 9 heteroatoms. The van der Waals surface area contributed by atoms with Crippen LogP contribution in [0.5, 0.6) is 0 Å². The summed E-state index contributed by atoms with van der Waals surface area (Å²) in [5.74, 6) is -0.404. The molecular formula is C21H22N4O3S2. The van der Waals surface area contributed by atoms with E-state index in [0.717, 1.165) is 30.0 Å². The summed E-state index contributed by atoms with van der Waals surface area (Å²) in [7, 11) is 0. The van der Waals surface area contributed by atoms with Crippen LogP contribution in [0.4, 0.5) is 0 Å². The molecule has 1 aliphatic rings. The number of para-hydroxylation sites is 1. The van der Waals surface area contributed by atoms with E-state index in [-0.39, 0.29) is 18.1 Å². The molecule has 0 radical (unpaired) electrons. The van der Waals surface area contributed by atoms with Gasteiger partial charge in [0.1, 0.15) is 10.8 Å². The standard InChI is InChI=1S/C21H22N4O3S2/c1-3-28-20(27)17(19-22-13(2)11-29-19)16(26)12-30-21-23-18(14-9-10-14)25(24-21)15-7-5-4-6-8-15/h4-8,11,14,17H,3,9-10,12H2,1-2H3/t17-/m0/s1. The predicted molar refractivity (Wildman–Crippen MR) is 115 cm³/mol. The summed E-state index contributed by atoms with van der Waals surface area (Å²) in [6.07, 6.45) is 2.20. The van der Waals surface area contributed by atoms with Crippen LogP contribution < -0.4 is 0 Å². The molecule has 1 aliphatic carbocycles. The molecule has 1 aromatic carbocycles.